The highest BCUT2D eigenvalue weighted by Crippen LogP contribution is 2.67. The molecule has 0 aromatic rings. The maximum absolute atomic E-state index is 12.2. The lowest BCUT2D eigenvalue weighted by atomic mass is 9.47. The Balaban J connectivity index is 1.55. The van der Waals surface area contributed by atoms with Crippen LogP contribution in [0.2, 0.25) is 0 Å². The molecular weight excluding hydrogens is 376 g/mol. The van der Waals surface area contributed by atoms with Crippen molar-refractivity contribution >= 4 is 11.9 Å². The summed E-state index contributed by atoms with van der Waals surface area (Å²) in [5.74, 6) is 1.87. The van der Waals surface area contributed by atoms with Crippen molar-refractivity contribution in [3.63, 3.8) is 0 Å². The molecule has 0 radical (unpaired) electrons. The van der Waals surface area contributed by atoms with Crippen LogP contribution < -0.4 is 0 Å². The number of carbonyl (C=O) groups excluding carboxylic acids is 2. The molecular formula is C26H40O4. The van der Waals surface area contributed by atoms with E-state index in [4.69, 9.17) is 9.47 Å². The number of esters is 2. The summed E-state index contributed by atoms with van der Waals surface area (Å²) in [5.41, 5.74) is 1.52. The van der Waals surface area contributed by atoms with E-state index in [-0.39, 0.29) is 34.5 Å². The Bertz CT molecular complexity index is 741. The average Bonchev–Trinajstić information content (AvgIpc) is 2.98. The van der Waals surface area contributed by atoms with E-state index in [1.807, 2.05) is 13.8 Å². The standard InChI is InChI=1S/C26H40O4/c1-6-22(27)29-18-10-13-24(3)17(16-18)8-9-19-20(24)11-14-25(4)21(19)12-15-26(25,5)30-23(28)7-2/h8,18-21H,6-7,9-16H2,1-5H3/t18-,19+,20-,21-,24-,25-,26+/m1/s1. The van der Waals surface area contributed by atoms with Crippen LogP contribution in [0.4, 0.5) is 0 Å². The normalized spacial score (nSPS) is 44.9. The molecule has 0 spiro atoms. The maximum Gasteiger partial charge on any atom is 0.306 e. The molecule has 30 heavy (non-hydrogen) atoms. The zero-order valence-electron chi connectivity index (χ0n) is 19.6. The Morgan fingerprint density at radius 3 is 2.37 bits per heavy atom. The van der Waals surface area contributed by atoms with Crippen molar-refractivity contribution in [2.45, 2.75) is 111 Å². The third-order valence-electron chi connectivity index (χ3n) is 9.80. The van der Waals surface area contributed by atoms with E-state index < -0.39 is 0 Å². The van der Waals surface area contributed by atoms with Crippen molar-refractivity contribution in [1.29, 1.82) is 0 Å². The van der Waals surface area contributed by atoms with Crippen molar-refractivity contribution < 1.29 is 19.1 Å². The lowest BCUT2D eigenvalue weighted by Gasteiger charge is -2.59. The van der Waals surface area contributed by atoms with Gasteiger partial charge >= 0.3 is 11.9 Å². The number of allylic oxidation sites excluding steroid dienone is 1. The fourth-order valence-electron chi connectivity index (χ4n) is 7.71. The summed E-state index contributed by atoms with van der Waals surface area (Å²) in [6, 6.07) is 0. The van der Waals surface area contributed by atoms with Crippen molar-refractivity contribution in [2.24, 2.45) is 28.6 Å². The molecule has 7 atom stereocenters. The number of fused-ring (bicyclic) bond motifs is 5. The number of hydrogen-bond donors (Lipinski definition) is 0. The van der Waals surface area contributed by atoms with Crippen molar-refractivity contribution in [3.8, 4) is 0 Å². The summed E-state index contributed by atoms with van der Waals surface area (Å²) >= 11 is 0. The second kappa shape index (κ2) is 7.67. The third-order valence-corrected chi connectivity index (χ3v) is 9.80. The van der Waals surface area contributed by atoms with E-state index in [2.05, 4.69) is 26.8 Å². The van der Waals surface area contributed by atoms with Crippen molar-refractivity contribution in [3.05, 3.63) is 11.6 Å². The van der Waals surface area contributed by atoms with Crippen LogP contribution in [-0.4, -0.2) is 23.6 Å². The quantitative estimate of drug-likeness (QED) is 0.418. The van der Waals surface area contributed by atoms with E-state index in [9.17, 15) is 9.59 Å². The maximum atomic E-state index is 12.2. The molecule has 0 heterocycles. The van der Waals surface area contributed by atoms with Gasteiger partial charge in [0.25, 0.3) is 0 Å². The van der Waals surface area contributed by atoms with Crippen LogP contribution in [-0.2, 0) is 19.1 Å². The smallest absolute Gasteiger partial charge is 0.306 e. The van der Waals surface area contributed by atoms with Gasteiger partial charge in [-0.3, -0.25) is 9.59 Å². The first-order chi connectivity index (χ1) is 14.2. The molecule has 0 aromatic carbocycles. The largest absolute Gasteiger partial charge is 0.462 e. The minimum atomic E-state index is -0.327. The van der Waals surface area contributed by atoms with E-state index in [1.165, 1.54) is 18.4 Å². The van der Waals surface area contributed by atoms with E-state index in [0.717, 1.165) is 38.5 Å². The third kappa shape index (κ3) is 3.24. The molecule has 0 aliphatic heterocycles. The molecule has 0 aromatic heterocycles. The highest BCUT2D eigenvalue weighted by molar-refractivity contribution is 5.69. The summed E-state index contributed by atoms with van der Waals surface area (Å²) in [6.45, 7) is 10.8. The summed E-state index contributed by atoms with van der Waals surface area (Å²) in [6.07, 6.45) is 12.1. The molecule has 4 aliphatic carbocycles. The lowest BCUT2D eigenvalue weighted by molar-refractivity contribution is -0.179. The topological polar surface area (TPSA) is 52.6 Å². The summed E-state index contributed by atoms with van der Waals surface area (Å²) in [5, 5.41) is 0. The molecule has 3 saturated carbocycles. The van der Waals surface area contributed by atoms with Gasteiger partial charge in [0, 0.05) is 24.7 Å². The Hall–Kier alpha value is -1.32. The van der Waals surface area contributed by atoms with Gasteiger partial charge in [0.2, 0.25) is 0 Å². The van der Waals surface area contributed by atoms with Gasteiger partial charge in [-0.25, -0.2) is 0 Å². The summed E-state index contributed by atoms with van der Waals surface area (Å²) < 4.78 is 11.8. The van der Waals surface area contributed by atoms with Gasteiger partial charge in [0.15, 0.2) is 0 Å². The first-order valence-corrected chi connectivity index (χ1v) is 12.3. The zero-order valence-corrected chi connectivity index (χ0v) is 19.6. The molecule has 0 bridgehead atoms. The second-order valence-electron chi connectivity index (χ2n) is 11.0. The number of carbonyl (C=O) groups is 2. The van der Waals surface area contributed by atoms with Crippen molar-refractivity contribution in [1.82, 2.24) is 0 Å². The molecule has 3 fully saturated rings. The van der Waals surface area contributed by atoms with E-state index in [0.29, 0.717) is 30.6 Å². The molecule has 168 valence electrons. The number of ether oxygens (including phenoxy) is 2. The first kappa shape index (κ1) is 21.9. The van der Waals surface area contributed by atoms with Gasteiger partial charge in [-0.1, -0.05) is 39.3 Å². The van der Waals surface area contributed by atoms with Crippen LogP contribution in [0, 0.1) is 28.6 Å². The Morgan fingerprint density at radius 1 is 0.967 bits per heavy atom. The van der Waals surface area contributed by atoms with E-state index >= 15 is 0 Å². The Kier molecular flexibility index (Phi) is 5.60. The van der Waals surface area contributed by atoms with Gasteiger partial charge < -0.3 is 9.47 Å². The van der Waals surface area contributed by atoms with Gasteiger partial charge in [0.05, 0.1) is 0 Å². The van der Waals surface area contributed by atoms with Crippen LogP contribution >= 0.6 is 0 Å². The molecule has 0 saturated heterocycles. The predicted molar refractivity (Wildman–Crippen MR) is 117 cm³/mol. The fraction of sp³-hybridized carbons (Fsp3) is 0.846. The molecule has 4 heteroatoms. The van der Waals surface area contributed by atoms with Crippen molar-refractivity contribution in [2.75, 3.05) is 0 Å². The van der Waals surface area contributed by atoms with E-state index in [1.54, 1.807) is 0 Å². The number of rotatable bonds is 4. The SMILES string of the molecule is CCC(=O)O[C@@H]1CC[C@]2(C)C(=CC[C@H]3[C@H]2CC[C@]2(C)[C@@H]3CC[C@]2(C)OC(=O)CC)C1. The minimum absolute atomic E-state index is 0.0563. The summed E-state index contributed by atoms with van der Waals surface area (Å²) in [4.78, 5) is 24.0. The lowest BCUT2D eigenvalue weighted by Crippen LogP contribution is -2.55. The molecule has 0 N–H and O–H groups in total. The first-order valence-electron chi connectivity index (χ1n) is 12.3. The van der Waals surface area contributed by atoms with Crippen LogP contribution in [0.5, 0.6) is 0 Å². The van der Waals surface area contributed by atoms with Gasteiger partial charge in [-0.15, -0.1) is 0 Å². The van der Waals surface area contributed by atoms with Crippen LogP contribution in [0.3, 0.4) is 0 Å². The molecule has 0 amide bonds. The highest BCUT2D eigenvalue weighted by Gasteiger charge is 2.64. The molecule has 0 unspecified atom stereocenters. The summed E-state index contributed by atoms with van der Waals surface area (Å²) in [7, 11) is 0. The highest BCUT2D eigenvalue weighted by atomic mass is 16.6. The van der Waals surface area contributed by atoms with Crippen LogP contribution in [0.1, 0.15) is 98.8 Å². The van der Waals surface area contributed by atoms with Crippen LogP contribution in [0.25, 0.3) is 0 Å². The van der Waals surface area contributed by atoms with Gasteiger partial charge in [0.1, 0.15) is 11.7 Å². The number of hydrogen-bond acceptors (Lipinski definition) is 4. The Morgan fingerprint density at radius 2 is 1.67 bits per heavy atom. The molecule has 4 nitrogen and oxygen atoms in total. The molecule has 4 rings (SSSR count). The Labute approximate surface area is 182 Å². The van der Waals surface area contributed by atoms with Gasteiger partial charge in [-0.05, 0) is 75.0 Å². The monoisotopic (exact) mass is 416 g/mol. The average molecular weight is 417 g/mol. The fourth-order valence-corrected chi connectivity index (χ4v) is 7.71. The predicted octanol–water partition coefficient (Wildman–Crippen LogP) is 5.98. The molecule has 4 aliphatic rings. The van der Waals surface area contributed by atoms with Crippen LogP contribution in [0.15, 0.2) is 11.6 Å². The minimum Gasteiger partial charge on any atom is -0.462 e. The second-order valence-corrected chi connectivity index (χ2v) is 11.0. The zero-order chi connectivity index (χ0) is 21.7. The van der Waals surface area contributed by atoms with Gasteiger partial charge in [-0.2, -0.15) is 0 Å².